The SMILES string of the molecule is [Li][c]1ccc(OCc2ccccc2)cc1OCc1ccccc1. The maximum atomic E-state index is 5.94. The molecule has 0 unspecified atom stereocenters. The second-order valence-corrected chi connectivity index (χ2v) is 5.48. The molecule has 0 bridgehead atoms. The predicted octanol–water partition coefficient (Wildman–Crippen LogP) is 3.64. The van der Waals surface area contributed by atoms with Gasteiger partial charge in [-0.15, -0.1) is 0 Å². The molecule has 0 amide bonds. The van der Waals surface area contributed by atoms with Crippen LogP contribution in [0.1, 0.15) is 11.1 Å². The van der Waals surface area contributed by atoms with Gasteiger partial charge in [0.1, 0.15) is 0 Å². The van der Waals surface area contributed by atoms with E-state index in [2.05, 4.69) is 24.3 Å². The van der Waals surface area contributed by atoms with Gasteiger partial charge in [-0.25, -0.2) is 0 Å². The Morgan fingerprint density at radius 2 is 1.22 bits per heavy atom. The van der Waals surface area contributed by atoms with Crippen molar-refractivity contribution in [1.29, 1.82) is 0 Å². The van der Waals surface area contributed by atoms with E-state index < -0.39 is 0 Å². The van der Waals surface area contributed by atoms with Gasteiger partial charge in [0.25, 0.3) is 0 Å². The molecule has 0 aliphatic carbocycles. The molecule has 3 aromatic carbocycles. The summed E-state index contributed by atoms with van der Waals surface area (Å²) < 4.78 is 12.9. The standard InChI is InChI=1S/C20H17O2.Li/c1-3-8-17(9-4-1)15-21-19-12-7-13-20(14-19)22-16-18-10-5-2-6-11-18;/h1-12,14H,15-16H2;. The summed E-state index contributed by atoms with van der Waals surface area (Å²) >= 11 is 2.04. The Bertz CT molecular complexity index is 742. The molecule has 0 aromatic heterocycles. The quantitative estimate of drug-likeness (QED) is 0.647. The maximum absolute atomic E-state index is 5.94. The molecule has 0 aliphatic rings. The van der Waals surface area contributed by atoms with E-state index in [1.807, 2.05) is 72.3 Å². The van der Waals surface area contributed by atoms with Gasteiger partial charge in [0.2, 0.25) is 0 Å². The Kier molecular flexibility index (Phi) is 5.42. The molecule has 3 aromatic rings. The molecule has 2 nitrogen and oxygen atoms in total. The summed E-state index contributed by atoms with van der Waals surface area (Å²) in [4.78, 5) is 0. The van der Waals surface area contributed by atoms with Crippen molar-refractivity contribution in [1.82, 2.24) is 0 Å². The third-order valence-electron chi connectivity index (χ3n) is 3.65. The molecule has 0 N–H and O–H groups in total. The zero-order valence-electron chi connectivity index (χ0n) is 13.2. The molecule has 0 atom stereocenters. The van der Waals surface area contributed by atoms with Crippen molar-refractivity contribution >= 4 is 22.0 Å². The van der Waals surface area contributed by atoms with Crippen molar-refractivity contribution in [3.63, 3.8) is 0 Å². The van der Waals surface area contributed by atoms with Crippen molar-refractivity contribution < 1.29 is 9.47 Å². The van der Waals surface area contributed by atoms with Crippen LogP contribution in [-0.2, 0) is 13.2 Å². The third-order valence-corrected chi connectivity index (χ3v) is 3.65. The summed E-state index contributed by atoms with van der Waals surface area (Å²) in [6.45, 7) is 1.12. The third kappa shape index (κ3) is 4.66. The fraction of sp³-hybridized carbons (Fsp3) is 0.100. The Morgan fingerprint density at radius 1 is 0.652 bits per heavy atom. The van der Waals surface area contributed by atoms with Gasteiger partial charge >= 0.3 is 146 Å². The molecule has 0 radical (unpaired) electrons. The van der Waals surface area contributed by atoms with Gasteiger partial charge < -0.3 is 0 Å². The van der Waals surface area contributed by atoms with Crippen LogP contribution < -0.4 is 13.7 Å². The summed E-state index contributed by atoms with van der Waals surface area (Å²) in [7, 11) is 0. The van der Waals surface area contributed by atoms with E-state index >= 15 is 0 Å². The topological polar surface area (TPSA) is 18.5 Å². The van der Waals surface area contributed by atoms with E-state index in [1.165, 1.54) is 0 Å². The molecule has 110 valence electrons. The van der Waals surface area contributed by atoms with Crippen LogP contribution in [-0.4, -0.2) is 17.7 Å². The van der Waals surface area contributed by atoms with E-state index in [1.54, 1.807) is 0 Å². The minimum absolute atomic E-state index is 0.558. The minimum atomic E-state index is 0.558. The van der Waals surface area contributed by atoms with Crippen molar-refractivity contribution in [2.45, 2.75) is 13.2 Å². The van der Waals surface area contributed by atoms with Gasteiger partial charge in [-0.3, -0.25) is 0 Å². The first-order chi connectivity index (χ1) is 11.3. The molecule has 3 heteroatoms. The van der Waals surface area contributed by atoms with Crippen LogP contribution in [0.15, 0.2) is 78.9 Å². The van der Waals surface area contributed by atoms with Gasteiger partial charge in [-0.05, 0) is 0 Å². The molecule has 0 spiro atoms. The molecular formula is C20H17LiO2. The first-order valence-electron chi connectivity index (χ1n) is 7.75. The number of rotatable bonds is 6. The Hall–Kier alpha value is -2.14. The summed E-state index contributed by atoms with van der Waals surface area (Å²) in [6.07, 6.45) is 0. The molecule has 3 rings (SSSR count). The fourth-order valence-electron chi connectivity index (χ4n) is 2.30. The number of benzene rings is 3. The second kappa shape index (κ2) is 7.92. The van der Waals surface area contributed by atoms with E-state index in [0.29, 0.717) is 13.2 Å². The number of hydrogen-bond donors (Lipinski definition) is 0. The van der Waals surface area contributed by atoms with Gasteiger partial charge in [-0.2, -0.15) is 0 Å². The number of hydrogen-bond acceptors (Lipinski definition) is 2. The van der Waals surface area contributed by atoms with Crippen LogP contribution >= 0.6 is 0 Å². The number of ether oxygens (including phenoxy) is 2. The van der Waals surface area contributed by atoms with Crippen molar-refractivity contribution in [2.24, 2.45) is 0 Å². The van der Waals surface area contributed by atoms with E-state index in [-0.39, 0.29) is 0 Å². The average Bonchev–Trinajstić information content (AvgIpc) is 2.62. The van der Waals surface area contributed by atoms with Crippen LogP contribution in [0.5, 0.6) is 11.5 Å². The Labute approximate surface area is 146 Å². The van der Waals surface area contributed by atoms with Crippen molar-refractivity contribution in [2.75, 3.05) is 0 Å². The molecule has 0 fully saturated rings. The normalized spacial score (nSPS) is 10.3. The van der Waals surface area contributed by atoms with E-state index in [0.717, 1.165) is 26.9 Å². The molecule has 0 saturated heterocycles. The Balaban J connectivity index is 1.64. The van der Waals surface area contributed by atoms with Crippen LogP contribution in [0.3, 0.4) is 0 Å². The molecule has 0 aliphatic heterocycles. The molecule has 23 heavy (non-hydrogen) atoms. The molecule has 0 heterocycles. The molecule has 0 saturated carbocycles. The van der Waals surface area contributed by atoms with Crippen LogP contribution in [0.25, 0.3) is 0 Å². The van der Waals surface area contributed by atoms with Gasteiger partial charge in [0.05, 0.1) is 0 Å². The van der Waals surface area contributed by atoms with Gasteiger partial charge in [-0.1, -0.05) is 0 Å². The summed E-state index contributed by atoms with van der Waals surface area (Å²) in [6, 6.07) is 26.3. The van der Waals surface area contributed by atoms with Crippen LogP contribution in [0.4, 0.5) is 0 Å². The van der Waals surface area contributed by atoms with Gasteiger partial charge in [0.15, 0.2) is 0 Å². The summed E-state index contributed by atoms with van der Waals surface area (Å²) in [5, 5.41) is 0. The summed E-state index contributed by atoms with van der Waals surface area (Å²) in [5.74, 6) is 1.68. The van der Waals surface area contributed by atoms with Gasteiger partial charge in [0, 0.05) is 0 Å². The molecular weight excluding hydrogens is 279 g/mol. The van der Waals surface area contributed by atoms with Crippen molar-refractivity contribution in [3.05, 3.63) is 90.0 Å². The zero-order valence-corrected chi connectivity index (χ0v) is 13.2. The van der Waals surface area contributed by atoms with Crippen LogP contribution in [0, 0.1) is 0 Å². The predicted molar refractivity (Wildman–Crippen MR) is 93.4 cm³/mol. The fourth-order valence-corrected chi connectivity index (χ4v) is 2.30. The average molecular weight is 296 g/mol. The second-order valence-electron chi connectivity index (χ2n) is 5.48. The first-order valence-corrected chi connectivity index (χ1v) is 7.75. The van der Waals surface area contributed by atoms with Crippen molar-refractivity contribution in [3.8, 4) is 11.5 Å². The van der Waals surface area contributed by atoms with E-state index in [4.69, 9.17) is 9.47 Å². The Morgan fingerprint density at radius 3 is 1.83 bits per heavy atom. The van der Waals surface area contributed by atoms with Crippen LogP contribution in [0.2, 0.25) is 0 Å². The monoisotopic (exact) mass is 296 g/mol. The first kappa shape index (κ1) is 15.7. The van der Waals surface area contributed by atoms with E-state index in [9.17, 15) is 0 Å². The zero-order chi connectivity index (χ0) is 15.9. The summed E-state index contributed by atoms with van der Waals surface area (Å²) in [5.41, 5.74) is 2.31.